The van der Waals surface area contributed by atoms with Crippen molar-refractivity contribution in [2.45, 2.75) is 30.7 Å². The van der Waals surface area contributed by atoms with Crippen LogP contribution in [-0.4, -0.2) is 58.4 Å². The third-order valence-electron chi connectivity index (χ3n) is 4.18. The SMILES string of the molecule is CCCN([C@H]1CCS(=O)(=O)C1)S(=O)(=O)c1ccc2c(c1)OCCO2. The van der Waals surface area contributed by atoms with E-state index in [4.69, 9.17) is 9.47 Å². The lowest BCUT2D eigenvalue weighted by molar-refractivity contribution is 0.171. The summed E-state index contributed by atoms with van der Waals surface area (Å²) in [5.41, 5.74) is 0. The predicted molar refractivity (Wildman–Crippen MR) is 88.7 cm³/mol. The zero-order chi connectivity index (χ0) is 17.4. The predicted octanol–water partition coefficient (Wildman–Crippen LogP) is 1.05. The van der Waals surface area contributed by atoms with Gasteiger partial charge in [0.25, 0.3) is 0 Å². The van der Waals surface area contributed by atoms with Crippen LogP contribution in [0.2, 0.25) is 0 Å². The summed E-state index contributed by atoms with van der Waals surface area (Å²) >= 11 is 0. The second-order valence-corrected chi connectivity index (χ2v) is 10.1. The van der Waals surface area contributed by atoms with E-state index in [9.17, 15) is 16.8 Å². The maximum atomic E-state index is 13.0. The molecule has 7 nitrogen and oxygen atoms in total. The lowest BCUT2D eigenvalue weighted by Crippen LogP contribution is -2.41. The fourth-order valence-electron chi connectivity index (χ4n) is 3.04. The van der Waals surface area contributed by atoms with E-state index in [0.717, 1.165) is 0 Å². The van der Waals surface area contributed by atoms with Crippen molar-refractivity contribution in [2.24, 2.45) is 0 Å². The Kier molecular flexibility index (Phi) is 4.76. The van der Waals surface area contributed by atoms with Gasteiger partial charge < -0.3 is 9.47 Å². The van der Waals surface area contributed by atoms with Gasteiger partial charge in [0.15, 0.2) is 21.3 Å². The van der Waals surface area contributed by atoms with Crippen LogP contribution in [0.3, 0.4) is 0 Å². The number of hydrogen-bond acceptors (Lipinski definition) is 6. The monoisotopic (exact) mass is 375 g/mol. The van der Waals surface area contributed by atoms with Crippen molar-refractivity contribution in [3.05, 3.63) is 18.2 Å². The third-order valence-corrected chi connectivity index (χ3v) is 7.88. The third kappa shape index (κ3) is 3.38. The molecule has 2 aliphatic heterocycles. The van der Waals surface area contributed by atoms with E-state index in [1.54, 1.807) is 6.07 Å². The Morgan fingerprint density at radius 1 is 1.21 bits per heavy atom. The van der Waals surface area contributed by atoms with Gasteiger partial charge in [-0.05, 0) is 25.0 Å². The highest BCUT2D eigenvalue weighted by atomic mass is 32.2. The summed E-state index contributed by atoms with van der Waals surface area (Å²) < 4.78 is 61.8. The molecule has 1 aromatic rings. The number of hydrogen-bond donors (Lipinski definition) is 0. The molecule has 1 saturated heterocycles. The second-order valence-electron chi connectivity index (χ2n) is 5.98. The van der Waals surface area contributed by atoms with Gasteiger partial charge in [-0.25, -0.2) is 16.8 Å². The summed E-state index contributed by atoms with van der Waals surface area (Å²) in [6, 6.07) is 4.01. The Balaban J connectivity index is 1.94. The molecule has 134 valence electrons. The Morgan fingerprint density at radius 3 is 2.54 bits per heavy atom. The van der Waals surface area contributed by atoms with Crippen LogP contribution >= 0.6 is 0 Å². The molecule has 1 fully saturated rings. The van der Waals surface area contributed by atoms with Crippen LogP contribution in [0.1, 0.15) is 19.8 Å². The van der Waals surface area contributed by atoms with Gasteiger partial charge >= 0.3 is 0 Å². The number of fused-ring (bicyclic) bond motifs is 1. The van der Waals surface area contributed by atoms with Crippen molar-refractivity contribution in [2.75, 3.05) is 31.3 Å². The summed E-state index contributed by atoms with van der Waals surface area (Å²) in [5.74, 6) is 0.842. The van der Waals surface area contributed by atoms with E-state index >= 15 is 0 Å². The lowest BCUT2D eigenvalue weighted by atomic mass is 10.2. The molecule has 0 aliphatic carbocycles. The molecule has 0 amide bonds. The van der Waals surface area contributed by atoms with Gasteiger partial charge in [-0.3, -0.25) is 0 Å². The molecule has 1 aromatic carbocycles. The Hall–Kier alpha value is -1.32. The van der Waals surface area contributed by atoms with Crippen LogP contribution in [0, 0.1) is 0 Å². The highest BCUT2D eigenvalue weighted by Crippen LogP contribution is 2.34. The minimum absolute atomic E-state index is 0.0362. The molecular weight excluding hydrogens is 354 g/mol. The normalized spacial score (nSPS) is 22.7. The molecule has 0 unspecified atom stereocenters. The second kappa shape index (κ2) is 6.53. The fourth-order valence-corrected chi connectivity index (χ4v) is 6.63. The van der Waals surface area contributed by atoms with Gasteiger partial charge in [-0.1, -0.05) is 6.92 Å². The number of sulfonamides is 1. The largest absolute Gasteiger partial charge is 0.486 e. The Labute approximate surface area is 142 Å². The van der Waals surface area contributed by atoms with E-state index in [-0.39, 0.29) is 22.9 Å². The zero-order valence-electron chi connectivity index (χ0n) is 13.5. The molecule has 9 heteroatoms. The van der Waals surface area contributed by atoms with Crippen molar-refractivity contribution < 1.29 is 26.3 Å². The maximum Gasteiger partial charge on any atom is 0.243 e. The highest BCUT2D eigenvalue weighted by Gasteiger charge is 2.38. The topological polar surface area (TPSA) is 90.0 Å². The first kappa shape index (κ1) is 17.5. The fraction of sp³-hybridized carbons (Fsp3) is 0.600. The lowest BCUT2D eigenvalue weighted by Gasteiger charge is -2.27. The average Bonchev–Trinajstić information content (AvgIpc) is 2.91. The van der Waals surface area contributed by atoms with Gasteiger partial charge in [-0.15, -0.1) is 0 Å². The van der Waals surface area contributed by atoms with Crippen LogP contribution in [0.5, 0.6) is 11.5 Å². The molecule has 0 radical (unpaired) electrons. The zero-order valence-corrected chi connectivity index (χ0v) is 15.1. The number of nitrogens with zero attached hydrogens (tertiary/aromatic N) is 1. The van der Waals surface area contributed by atoms with Crippen LogP contribution < -0.4 is 9.47 Å². The van der Waals surface area contributed by atoms with Crippen LogP contribution in [0.25, 0.3) is 0 Å². The highest BCUT2D eigenvalue weighted by molar-refractivity contribution is 7.92. The van der Waals surface area contributed by atoms with Crippen molar-refractivity contribution in [3.8, 4) is 11.5 Å². The quantitative estimate of drug-likeness (QED) is 0.764. The molecule has 0 spiro atoms. The minimum Gasteiger partial charge on any atom is -0.486 e. The number of benzene rings is 1. The molecule has 3 rings (SSSR count). The molecule has 2 heterocycles. The molecule has 1 atom stereocenters. The van der Waals surface area contributed by atoms with Crippen molar-refractivity contribution in [3.63, 3.8) is 0 Å². The minimum atomic E-state index is -3.80. The van der Waals surface area contributed by atoms with Crippen molar-refractivity contribution >= 4 is 19.9 Å². The summed E-state index contributed by atoms with van der Waals surface area (Å²) in [7, 11) is -6.96. The van der Waals surface area contributed by atoms with E-state index in [2.05, 4.69) is 0 Å². The smallest absolute Gasteiger partial charge is 0.243 e. The summed E-state index contributed by atoms with van der Waals surface area (Å²) in [6.45, 7) is 2.96. The molecule has 24 heavy (non-hydrogen) atoms. The summed E-state index contributed by atoms with van der Waals surface area (Å²) in [5, 5.41) is 0. The molecular formula is C15H21NO6S2. The first-order valence-electron chi connectivity index (χ1n) is 7.95. The van der Waals surface area contributed by atoms with Gasteiger partial charge in [0.05, 0.1) is 16.4 Å². The first-order valence-corrected chi connectivity index (χ1v) is 11.2. The standard InChI is InChI=1S/C15H21NO6S2/c1-2-6-16(12-5-9-23(17,18)11-12)24(19,20)13-3-4-14-15(10-13)22-8-7-21-14/h3-4,10,12H,2,5-9,11H2,1H3/t12-/m0/s1. The van der Waals surface area contributed by atoms with Gasteiger partial charge in [-0.2, -0.15) is 4.31 Å². The van der Waals surface area contributed by atoms with E-state index in [1.807, 2.05) is 6.92 Å². The summed E-state index contributed by atoms with van der Waals surface area (Å²) in [4.78, 5) is 0.101. The van der Waals surface area contributed by atoms with Crippen molar-refractivity contribution in [1.82, 2.24) is 4.31 Å². The molecule has 0 N–H and O–H groups in total. The molecule has 2 aliphatic rings. The van der Waals surface area contributed by atoms with Crippen LogP contribution in [0.15, 0.2) is 23.1 Å². The van der Waals surface area contributed by atoms with Crippen LogP contribution in [0.4, 0.5) is 0 Å². The molecule has 0 saturated carbocycles. The summed E-state index contributed by atoms with van der Waals surface area (Å²) in [6.07, 6.45) is 0.951. The number of sulfone groups is 1. The number of rotatable bonds is 5. The first-order chi connectivity index (χ1) is 11.3. The van der Waals surface area contributed by atoms with E-state index in [1.165, 1.54) is 16.4 Å². The average molecular weight is 375 g/mol. The van der Waals surface area contributed by atoms with Gasteiger partial charge in [0.2, 0.25) is 10.0 Å². The van der Waals surface area contributed by atoms with Gasteiger partial charge in [0.1, 0.15) is 13.2 Å². The Morgan fingerprint density at radius 2 is 1.92 bits per heavy atom. The van der Waals surface area contributed by atoms with E-state index < -0.39 is 25.9 Å². The maximum absolute atomic E-state index is 13.0. The Bertz CT molecular complexity index is 818. The van der Waals surface area contributed by atoms with Crippen molar-refractivity contribution in [1.29, 1.82) is 0 Å². The molecule has 0 aromatic heterocycles. The number of ether oxygens (including phenoxy) is 2. The molecule has 0 bridgehead atoms. The van der Waals surface area contributed by atoms with Crippen LogP contribution in [-0.2, 0) is 19.9 Å². The van der Waals surface area contributed by atoms with E-state index in [0.29, 0.717) is 37.6 Å². The van der Waals surface area contributed by atoms with Gasteiger partial charge in [0, 0.05) is 18.7 Å².